The van der Waals surface area contributed by atoms with Gasteiger partial charge >= 0.3 is 0 Å². The van der Waals surface area contributed by atoms with Crippen LogP contribution in [0.25, 0.3) is 0 Å². The van der Waals surface area contributed by atoms with E-state index in [4.69, 9.17) is 16.7 Å². The number of rotatable bonds is 5. The Bertz CT molecular complexity index is 344. The number of aliphatic hydroxyl groups is 1. The van der Waals surface area contributed by atoms with Crippen LogP contribution in [0.4, 0.5) is 4.39 Å². The fourth-order valence-corrected chi connectivity index (χ4v) is 1.92. The molecule has 4 heteroatoms. The third kappa shape index (κ3) is 3.44. The molecule has 0 aromatic heterocycles. The SMILES string of the molecule is CN(C)C(CCCO)c1ccc(F)c(Cl)c1. The van der Waals surface area contributed by atoms with Crippen LogP contribution in [-0.2, 0) is 0 Å². The van der Waals surface area contributed by atoms with E-state index in [2.05, 4.69) is 0 Å². The van der Waals surface area contributed by atoms with Crippen molar-refractivity contribution in [2.24, 2.45) is 0 Å². The molecule has 2 nitrogen and oxygen atoms in total. The Morgan fingerprint density at radius 1 is 1.44 bits per heavy atom. The highest BCUT2D eigenvalue weighted by Crippen LogP contribution is 2.26. The lowest BCUT2D eigenvalue weighted by Gasteiger charge is -2.24. The highest BCUT2D eigenvalue weighted by molar-refractivity contribution is 6.30. The number of benzene rings is 1. The van der Waals surface area contributed by atoms with Crippen molar-refractivity contribution in [3.63, 3.8) is 0 Å². The molecule has 1 rings (SSSR count). The van der Waals surface area contributed by atoms with E-state index in [9.17, 15) is 4.39 Å². The minimum Gasteiger partial charge on any atom is -0.396 e. The van der Waals surface area contributed by atoms with Gasteiger partial charge in [0.1, 0.15) is 5.82 Å². The fraction of sp³-hybridized carbons (Fsp3) is 0.500. The van der Waals surface area contributed by atoms with Gasteiger partial charge in [0.2, 0.25) is 0 Å². The van der Waals surface area contributed by atoms with Gasteiger partial charge in [0.15, 0.2) is 0 Å². The molecule has 0 heterocycles. The highest BCUT2D eigenvalue weighted by Gasteiger charge is 2.14. The summed E-state index contributed by atoms with van der Waals surface area (Å²) in [5.74, 6) is -0.398. The van der Waals surface area contributed by atoms with E-state index in [0.29, 0.717) is 0 Å². The molecule has 1 atom stereocenters. The van der Waals surface area contributed by atoms with E-state index in [-0.39, 0.29) is 17.7 Å². The molecule has 0 bridgehead atoms. The predicted octanol–water partition coefficient (Wildman–Crippen LogP) is 2.85. The van der Waals surface area contributed by atoms with Crippen molar-refractivity contribution in [1.29, 1.82) is 0 Å². The van der Waals surface area contributed by atoms with Gasteiger partial charge in [-0.3, -0.25) is 0 Å². The summed E-state index contributed by atoms with van der Waals surface area (Å²) in [5, 5.41) is 8.98. The molecule has 0 spiro atoms. The third-order valence-electron chi connectivity index (χ3n) is 2.59. The van der Waals surface area contributed by atoms with Gasteiger partial charge in [0.25, 0.3) is 0 Å². The molecule has 16 heavy (non-hydrogen) atoms. The van der Waals surface area contributed by atoms with Crippen LogP contribution in [0.15, 0.2) is 18.2 Å². The summed E-state index contributed by atoms with van der Waals surface area (Å²) in [4.78, 5) is 2.04. The van der Waals surface area contributed by atoms with Crippen LogP contribution in [0, 0.1) is 5.82 Å². The van der Waals surface area contributed by atoms with Crippen LogP contribution >= 0.6 is 11.6 Å². The second-order valence-corrected chi connectivity index (χ2v) is 4.43. The van der Waals surface area contributed by atoms with Gasteiger partial charge in [-0.15, -0.1) is 0 Å². The monoisotopic (exact) mass is 245 g/mol. The van der Waals surface area contributed by atoms with Gasteiger partial charge in [-0.05, 0) is 44.6 Å². The van der Waals surface area contributed by atoms with E-state index >= 15 is 0 Å². The largest absolute Gasteiger partial charge is 0.396 e. The van der Waals surface area contributed by atoms with Crippen LogP contribution in [0.2, 0.25) is 5.02 Å². The standard InChI is InChI=1S/C12H17ClFNO/c1-15(2)12(4-3-7-16)9-5-6-11(14)10(13)8-9/h5-6,8,12,16H,3-4,7H2,1-2H3. The zero-order valence-corrected chi connectivity index (χ0v) is 10.3. The van der Waals surface area contributed by atoms with Crippen LogP contribution in [0.5, 0.6) is 0 Å². The summed E-state index contributed by atoms with van der Waals surface area (Å²) < 4.78 is 13.0. The minimum absolute atomic E-state index is 0.147. The summed E-state index contributed by atoms with van der Waals surface area (Å²) in [6.45, 7) is 0.166. The molecule has 0 amide bonds. The van der Waals surface area contributed by atoms with E-state index in [1.807, 2.05) is 19.0 Å². The topological polar surface area (TPSA) is 23.5 Å². The molecule has 0 aliphatic rings. The molecule has 1 N–H and O–H groups in total. The summed E-state index contributed by atoms with van der Waals surface area (Å²) >= 11 is 5.75. The zero-order valence-electron chi connectivity index (χ0n) is 9.58. The molecular formula is C12H17ClFNO. The number of aliphatic hydroxyl groups excluding tert-OH is 1. The molecule has 1 aromatic carbocycles. The molecule has 0 fully saturated rings. The fourth-order valence-electron chi connectivity index (χ4n) is 1.73. The van der Waals surface area contributed by atoms with Crippen molar-refractivity contribution >= 4 is 11.6 Å². The van der Waals surface area contributed by atoms with Crippen LogP contribution in [-0.4, -0.2) is 30.7 Å². The van der Waals surface area contributed by atoms with E-state index in [1.54, 1.807) is 12.1 Å². The highest BCUT2D eigenvalue weighted by atomic mass is 35.5. The Morgan fingerprint density at radius 2 is 2.12 bits per heavy atom. The van der Waals surface area contributed by atoms with Gasteiger partial charge in [-0.2, -0.15) is 0 Å². The Morgan fingerprint density at radius 3 is 2.62 bits per heavy atom. The maximum absolute atomic E-state index is 13.0. The number of hydrogen-bond acceptors (Lipinski definition) is 2. The molecule has 0 aliphatic heterocycles. The van der Waals surface area contributed by atoms with Crippen LogP contribution in [0.1, 0.15) is 24.4 Å². The van der Waals surface area contributed by atoms with Crippen molar-refractivity contribution in [3.8, 4) is 0 Å². The van der Waals surface area contributed by atoms with Gasteiger partial charge < -0.3 is 10.0 Å². The van der Waals surface area contributed by atoms with Gasteiger partial charge in [-0.1, -0.05) is 17.7 Å². The first-order valence-electron chi connectivity index (χ1n) is 5.28. The van der Waals surface area contributed by atoms with Gasteiger partial charge in [0, 0.05) is 12.6 Å². The number of hydrogen-bond donors (Lipinski definition) is 1. The van der Waals surface area contributed by atoms with Crippen LogP contribution in [0.3, 0.4) is 0 Å². The average Bonchev–Trinajstić information content (AvgIpc) is 2.23. The maximum atomic E-state index is 13.0. The second-order valence-electron chi connectivity index (χ2n) is 4.02. The lowest BCUT2D eigenvalue weighted by Crippen LogP contribution is -2.20. The van der Waals surface area contributed by atoms with E-state index in [1.165, 1.54) is 6.07 Å². The van der Waals surface area contributed by atoms with Gasteiger partial charge in [-0.25, -0.2) is 4.39 Å². The first-order chi connectivity index (χ1) is 7.56. The van der Waals surface area contributed by atoms with Crippen molar-refractivity contribution in [2.45, 2.75) is 18.9 Å². The Hall–Kier alpha value is -0.640. The Balaban J connectivity index is 2.88. The minimum atomic E-state index is -0.398. The number of halogens is 2. The molecule has 1 aromatic rings. The van der Waals surface area contributed by atoms with Crippen LogP contribution < -0.4 is 0 Å². The first kappa shape index (κ1) is 13.4. The molecule has 1 unspecified atom stereocenters. The maximum Gasteiger partial charge on any atom is 0.141 e. The summed E-state index contributed by atoms with van der Waals surface area (Å²) in [7, 11) is 3.92. The Kier molecular flexibility index (Phi) is 5.19. The summed E-state index contributed by atoms with van der Waals surface area (Å²) in [5.41, 5.74) is 0.977. The molecular weight excluding hydrogens is 229 g/mol. The van der Waals surface area contributed by atoms with Crippen molar-refractivity contribution in [2.75, 3.05) is 20.7 Å². The molecule has 0 saturated heterocycles. The lowest BCUT2D eigenvalue weighted by atomic mass is 10.0. The molecule has 0 saturated carbocycles. The molecule has 0 aliphatic carbocycles. The first-order valence-corrected chi connectivity index (χ1v) is 5.66. The number of nitrogens with zero attached hydrogens (tertiary/aromatic N) is 1. The smallest absolute Gasteiger partial charge is 0.141 e. The summed E-state index contributed by atoms with van der Waals surface area (Å²) in [6, 6.07) is 4.93. The van der Waals surface area contributed by atoms with Gasteiger partial charge in [0.05, 0.1) is 5.02 Å². The van der Waals surface area contributed by atoms with Crippen molar-refractivity contribution in [3.05, 3.63) is 34.6 Å². The average molecular weight is 246 g/mol. The van der Waals surface area contributed by atoms with E-state index in [0.717, 1.165) is 18.4 Å². The van der Waals surface area contributed by atoms with Crippen molar-refractivity contribution in [1.82, 2.24) is 4.90 Å². The quantitative estimate of drug-likeness (QED) is 0.862. The predicted molar refractivity (Wildman–Crippen MR) is 64.2 cm³/mol. The molecule has 90 valence electrons. The Labute approximate surface area is 101 Å². The summed E-state index contributed by atoms with van der Waals surface area (Å²) in [6.07, 6.45) is 1.54. The van der Waals surface area contributed by atoms with Crippen molar-refractivity contribution < 1.29 is 9.50 Å². The third-order valence-corrected chi connectivity index (χ3v) is 2.88. The molecule has 0 radical (unpaired) electrons. The lowest BCUT2D eigenvalue weighted by molar-refractivity contribution is 0.235. The second kappa shape index (κ2) is 6.18. The van der Waals surface area contributed by atoms with E-state index < -0.39 is 5.82 Å². The zero-order chi connectivity index (χ0) is 12.1. The normalized spacial score (nSPS) is 13.1.